The third-order valence-corrected chi connectivity index (χ3v) is 4.49. The number of aldehydes is 1. The van der Waals surface area contributed by atoms with E-state index in [4.69, 9.17) is 4.74 Å². The van der Waals surface area contributed by atoms with Gasteiger partial charge in [-0.25, -0.2) is 4.79 Å². The van der Waals surface area contributed by atoms with Gasteiger partial charge in [0.05, 0.1) is 6.04 Å². The van der Waals surface area contributed by atoms with Crippen molar-refractivity contribution in [2.45, 2.75) is 25.8 Å². The number of rotatable bonds is 5. The summed E-state index contributed by atoms with van der Waals surface area (Å²) >= 11 is 0. The van der Waals surface area contributed by atoms with Crippen LogP contribution in [0.4, 0.5) is 4.79 Å². The highest BCUT2D eigenvalue weighted by molar-refractivity contribution is 5.79. The van der Waals surface area contributed by atoms with Crippen LogP contribution in [0.3, 0.4) is 0 Å². The highest BCUT2D eigenvalue weighted by Crippen LogP contribution is 2.44. The van der Waals surface area contributed by atoms with Crippen molar-refractivity contribution in [3.8, 4) is 11.1 Å². The number of fused-ring (bicyclic) bond motifs is 3. The lowest BCUT2D eigenvalue weighted by Gasteiger charge is -2.18. The number of carbonyl (C=O) groups is 2. The average Bonchev–Trinajstić information content (AvgIpc) is 2.91. The minimum absolute atomic E-state index is 0.0249. The fraction of sp³-hybridized carbons (Fsp3) is 0.300. The summed E-state index contributed by atoms with van der Waals surface area (Å²) in [5.74, 6) is 0.0554. The Balaban J connectivity index is 1.74. The first-order valence-corrected chi connectivity index (χ1v) is 8.18. The molecule has 0 fully saturated rings. The first-order valence-electron chi connectivity index (χ1n) is 8.18. The molecule has 4 heteroatoms. The molecule has 0 bridgehead atoms. The van der Waals surface area contributed by atoms with Crippen LogP contribution in [0.1, 0.15) is 30.9 Å². The first-order chi connectivity index (χ1) is 11.6. The fourth-order valence-electron chi connectivity index (χ4n) is 3.13. The maximum absolute atomic E-state index is 12.0. The second kappa shape index (κ2) is 6.87. The predicted molar refractivity (Wildman–Crippen MR) is 92.9 cm³/mol. The van der Waals surface area contributed by atoms with Crippen molar-refractivity contribution in [3.63, 3.8) is 0 Å². The summed E-state index contributed by atoms with van der Waals surface area (Å²) in [5, 5.41) is 2.61. The molecule has 0 spiro atoms. The standard InChI is InChI=1S/C20H21NO3/c1-13(2)19(11-22)21-20(23)24-12-18-16-9-5-3-7-14(16)15-8-4-6-10-17(15)18/h3-11,13,18-19H,12H2,1-2H3,(H,21,23)/t19-/m0/s1. The van der Waals surface area contributed by atoms with Crippen molar-refractivity contribution < 1.29 is 14.3 Å². The van der Waals surface area contributed by atoms with Gasteiger partial charge >= 0.3 is 6.09 Å². The quantitative estimate of drug-likeness (QED) is 0.853. The molecule has 0 aliphatic heterocycles. The van der Waals surface area contributed by atoms with Crippen LogP contribution in [0.25, 0.3) is 11.1 Å². The average molecular weight is 323 g/mol. The maximum Gasteiger partial charge on any atom is 0.407 e. The molecule has 24 heavy (non-hydrogen) atoms. The van der Waals surface area contributed by atoms with E-state index in [1.807, 2.05) is 38.1 Å². The monoisotopic (exact) mass is 323 g/mol. The molecular weight excluding hydrogens is 302 g/mol. The minimum Gasteiger partial charge on any atom is -0.449 e. The van der Waals surface area contributed by atoms with Crippen molar-refractivity contribution in [2.75, 3.05) is 6.61 Å². The predicted octanol–water partition coefficient (Wildman–Crippen LogP) is 3.75. The second-order valence-electron chi connectivity index (χ2n) is 6.38. The second-order valence-corrected chi connectivity index (χ2v) is 6.38. The number of ether oxygens (including phenoxy) is 1. The summed E-state index contributed by atoms with van der Waals surface area (Å²) in [7, 11) is 0. The van der Waals surface area contributed by atoms with Gasteiger partial charge in [-0.15, -0.1) is 0 Å². The van der Waals surface area contributed by atoms with E-state index in [0.29, 0.717) is 0 Å². The van der Waals surface area contributed by atoms with Crippen LogP contribution in [0.5, 0.6) is 0 Å². The van der Waals surface area contributed by atoms with Crippen LogP contribution in [0.15, 0.2) is 48.5 Å². The first kappa shape index (κ1) is 16.2. The van der Waals surface area contributed by atoms with E-state index in [2.05, 4.69) is 29.6 Å². The molecule has 2 aromatic rings. The van der Waals surface area contributed by atoms with Crippen molar-refractivity contribution in [1.29, 1.82) is 0 Å². The molecule has 0 heterocycles. The summed E-state index contributed by atoms with van der Waals surface area (Å²) in [6, 6.07) is 15.8. The van der Waals surface area contributed by atoms with E-state index in [9.17, 15) is 9.59 Å². The molecule has 0 saturated heterocycles. The molecule has 4 nitrogen and oxygen atoms in total. The molecule has 1 aliphatic rings. The van der Waals surface area contributed by atoms with Gasteiger partial charge in [0, 0.05) is 5.92 Å². The lowest BCUT2D eigenvalue weighted by atomic mass is 9.98. The maximum atomic E-state index is 12.0. The van der Waals surface area contributed by atoms with Gasteiger partial charge in [0.25, 0.3) is 0 Å². The molecule has 1 atom stereocenters. The zero-order chi connectivity index (χ0) is 17.1. The van der Waals surface area contributed by atoms with Crippen molar-refractivity contribution >= 4 is 12.4 Å². The zero-order valence-electron chi connectivity index (χ0n) is 13.9. The Bertz CT molecular complexity index is 709. The molecule has 1 N–H and O–H groups in total. The molecule has 2 aromatic carbocycles. The normalized spacial score (nSPS) is 14.0. The van der Waals surface area contributed by atoms with E-state index in [-0.39, 0.29) is 18.4 Å². The number of hydrogen-bond acceptors (Lipinski definition) is 3. The number of nitrogens with one attached hydrogen (secondary N) is 1. The van der Waals surface area contributed by atoms with Crippen LogP contribution >= 0.6 is 0 Å². The van der Waals surface area contributed by atoms with Crippen molar-refractivity contribution in [2.24, 2.45) is 5.92 Å². The Morgan fingerprint density at radius 2 is 1.62 bits per heavy atom. The zero-order valence-corrected chi connectivity index (χ0v) is 13.9. The van der Waals surface area contributed by atoms with Crippen LogP contribution in [-0.2, 0) is 9.53 Å². The Morgan fingerprint density at radius 3 is 2.12 bits per heavy atom. The Labute approximate surface area is 141 Å². The number of benzene rings is 2. The van der Waals surface area contributed by atoms with Gasteiger partial charge in [0.15, 0.2) is 0 Å². The minimum atomic E-state index is -0.553. The Kier molecular flexibility index (Phi) is 4.65. The smallest absolute Gasteiger partial charge is 0.407 e. The summed E-state index contributed by atoms with van der Waals surface area (Å²) in [4.78, 5) is 23.0. The Hall–Kier alpha value is -2.62. The van der Waals surface area contributed by atoms with Gasteiger partial charge in [-0.05, 0) is 28.2 Å². The molecule has 0 unspecified atom stereocenters. The van der Waals surface area contributed by atoms with Crippen LogP contribution in [0, 0.1) is 5.92 Å². The molecule has 124 valence electrons. The lowest BCUT2D eigenvalue weighted by Crippen LogP contribution is -2.40. The molecule has 1 aliphatic carbocycles. The number of amides is 1. The Morgan fingerprint density at radius 1 is 1.08 bits per heavy atom. The number of hydrogen-bond donors (Lipinski definition) is 1. The highest BCUT2D eigenvalue weighted by Gasteiger charge is 2.29. The molecule has 3 rings (SSSR count). The molecule has 0 saturated carbocycles. The third-order valence-electron chi connectivity index (χ3n) is 4.49. The molecule has 0 aromatic heterocycles. The number of carbonyl (C=O) groups excluding carboxylic acids is 2. The topological polar surface area (TPSA) is 55.4 Å². The summed E-state index contributed by atoms with van der Waals surface area (Å²) in [6.07, 6.45) is 0.189. The van der Waals surface area contributed by atoms with Gasteiger partial charge in [0.2, 0.25) is 0 Å². The van der Waals surface area contributed by atoms with Gasteiger partial charge < -0.3 is 14.8 Å². The van der Waals surface area contributed by atoms with Gasteiger partial charge in [-0.3, -0.25) is 0 Å². The van der Waals surface area contributed by atoms with Gasteiger partial charge in [-0.1, -0.05) is 62.4 Å². The van der Waals surface area contributed by atoms with Crippen molar-refractivity contribution in [1.82, 2.24) is 5.32 Å². The summed E-state index contributed by atoms with van der Waals surface area (Å²) in [5.41, 5.74) is 4.72. The largest absolute Gasteiger partial charge is 0.449 e. The molecular formula is C20H21NO3. The lowest BCUT2D eigenvalue weighted by molar-refractivity contribution is -0.110. The highest BCUT2D eigenvalue weighted by atomic mass is 16.5. The third kappa shape index (κ3) is 3.04. The SMILES string of the molecule is CC(C)[C@H](C=O)NC(=O)OCC1c2ccccc2-c2ccccc21. The summed E-state index contributed by atoms with van der Waals surface area (Å²) in [6.45, 7) is 4.01. The van der Waals surface area contributed by atoms with Gasteiger partial charge in [-0.2, -0.15) is 0 Å². The van der Waals surface area contributed by atoms with Crippen LogP contribution < -0.4 is 5.32 Å². The fourth-order valence-corrected chi connectivity index (χ4v) is 3.13. The van der Waals surface area contributed by atoms with Crippen LogP contribution in [-0.4, -0.2) is 25.0 Å². The van der Waals surface area contributed by atoms with Crippen LogP contribution in [0.2, 0.25) is 0 Å². The van der Waals surface area contributed by atoms with E-state index in [0.717, 1.165) is 6.29 Å². The number of alkyl carbamates (subject to hydrolysis) is 1. The summed E-state index contributed by atoms with van der Waals surface area (Å²) < 4.78 is 5.41. The van der Waals surface area contributed by atoms with E-state index in [1.54, 1.807) is 0 Å². The molecule has 0 radical (unpaired) electrons. The van der Waals surface area contributed by atoms with Crippen molar-refractivity contribution in [3.05, 3.63) is 59.7 Å². The van der Waals surface area contributed by atoms with E-state index in [1.165, 1.54) is 22.3 Å². The van der Waals surface area contributed by atoms with E-state index >= 15 is 0 Å². The molecule has 1 amide bonds. The van der Waals surface area contributed by atoms with Gasteiger partial charge in [0.1, 0.15) is 12.9 Å². The van der Waals surface area contributed by atoms with E-state index < -0.39 is 12.1 Å².